The molecule has 0 saturated carbocycles. The summed E-state index contributed by atoms with van der Waals surface area (Å²) in [4.78, 5) is 38.2. The molecule has 2 unspecified atom stereocenters. The number of hydrogen-bond donors (Lipinski definition) is 2. The van der Waals surface area contributed by atoms with Crippen molar-refractivity contribution in [1.29, 1.82) is 0 Å². The van der Waals surface area contributed by atoms with E-state index in [1.165, 1.54) is 0 Å². The number of nitrogens with one attached hydrogen (secondary N) is 1. The lowest BCUT2D eigenvalue weighted by molar-refractivity contribution is -0.127. The molecule has 3 aromatic rings. The largest absolute Gasteiger partial charge is 0.447 e. The van der Waals surface area contributed by atoms with Gasteiger partial charge in [0.1, 0.15) is 6.61 Å². The maximum Gasteiger partial charge on any atom is 0.414 e. The number of carbonyl (C=O) groups excluding carboxylic acids is 3. The average molecular weight is 469 g/mol. The summed E-state index contributed by atoms with van der Waals surface area (Å²) in [6.07, 6.45) is 2.55. The van der Waals surface area contributed by atoms with E-state index in [0.29, 0.717) is 30.7 Å². The Hall–Kier alpha value is -4.13. The number of ether oxygens (including phenoxy) is 1. The van der Waals surface area contributed by atoms with Crippen molar-refractivity contribution < 1.29 is 19.1 Å². The molecule has 7 heteroatoms. The number of cyclic esters (lactones) is 1. The van der Waals surface area contributed by atoms with Gasteiger partial charge >= 0.3 is 6.09 Å². The maximum atomic E-state index is 12.7. The Morgan fingerprint density at radius 1 is 1.14 bits per heavy atom. The first-order chi connectivity index (χ1) is 16.9. The zero-order chi connectivity index (χ0) is 24.6. The van der Waals surface area contributed by atoms with Crippen LogP contribution in [0.5, 0.6) is 0 Å². The van der Waals surface area contributed by atoms with Gasteiger partial charge < -0.3 is 15.8 Å². The highest BCUT2D eigenvalue weighted by Crippen LogP contribution is 2.46. The van der Waals surface area contributed by atoms with Gasteiger partial charge in [0.15, 0.2) is 0 Å². The maximum absolute atomic E-state index is 12.7. The van der Waals surface area contributed by atoms with Crippen LogP contribution < -0.4 is 16.0 Å². The van der Waals surface area contributed by atoms with E-state index in [0.717, 1.165) is 22.4 Å². The smallest absolute Gasteiger partial charge is 0.414 e. The molecule has 7 nitrogen and oxygen atoms in total. The van der Waals surface area contributed by atoms with E-state index in [9.17, 15) is 14.4 Å². The molecule has 3 aromatic carbocycles. The molecule has 2 aliphatic rings. The standard InChI is InChI=1S/C28H26N3O4/c1-28(26(29)33)15-21-12-19(16-32)10-11-24(21)30-25(28)20-8-5-9-22(14-20)31-23(17-35-27(31)34)13-18-6-3-2-4-7-18/h2-12,14,23,25,30H,13,15,17H2,1H3,(H2,29,33)/t23-,25?,28?/m1/s1. The number of rotatable bonds is 6. The molecule has 0 aliphatic carbocycles. The van der Waals surface area contributed by atoms with E-state index >= 15 is 0 Å². The lowest BCUT2D eigenvalue weighted by Crippen LogP contribution is -2.47. The van der Waals surface area contributed by atoms with Gasteiger partial charge in [0, 0.05) is 16.9 Å². The van der Waals surface area contributed by atoms with E-state index in [-0.39, 0.29) is 12.1 Å². The van der Waals surface area contributed by atoms with Crippen LogP contribution in [-0.4, -0.2) is 30.9 Å². The number of hydrogen-bond acceptors (Lipinski definition) is 5. The van der Waals surface area contributed by atoms with Gasteiger partial charge in [0.25, 0.3) is 0 Å². The lowest BCUT2D eigenvalue weighted by Gasteiger charge is -2.41. The number of primary amides is 1. The van der Waals surface area contributed by atoms with Crippen molar-refractivity contribution in [2.24, 2.45) is 11.1 Å². The fraction of sp³-hybridized carbons (Fsp3) is 0.250. The molecule has 1 radical (unpaired) electrons. The van der Waals surface area contributed by atoms with Gasteiger partial charge in [-0.25, -0.2) is 4.79 Å². The highest BCUT2D eigenvalue weighted by Gasteiger charge is 2.45. The molecule has 2 amide bonds. The number of nitrogens with two attached hydrogens (primary N) is 1. The van der Waals surface area contributed by atoms with Crippen LogP contribution in [0, 0.1) is 5.41 Å². The van der Waals surface area contributed by atoms with Crippen molar-refractivity contribution in [3.05, 3.63) is 95.1 Å². The molecule has 0 spiro atoms. The van der Waals surface area contributed by atoms with E-state index < -0.39 is 17.4 Å². The summed E-state index contributed by atoms with van der Waals surface area (Å²) in [7, 11) is 0. The summed E-state index contributed by atoms with van der Waals surface area (Å²) >= 11 is 0. The van der Waals surface area contributed by atoms with Gasteiger partial charge in [-0.15, -0.1) is 0 Å². The molecule has 35 heavy (non-hydrogen) atoms. The summed E-state index contributed by atoms with van der Waals surface area (Å²) in [6.45, 7) is 2.13. The highest BCUT2D eigenvalue weighted by molar-refractivity contribution is 5.91. The topological polar surface area (TPSA) is 102 Å². The molecule has 3 atom stereocenters. The van der Waals surface area contributed by atoms with Crippen molar-refractivity contribution in [1.82, 2.24) is 0 Å². The van der Waals surface area contributed by atoms with Gasteiger partial charge in [-0.2, -0.15) is 0 Å². The molecule has 177 valence electrons. The van der Waals surface area contributed by atoms with Gasteiger partial charge in [0.05, 0.1) is 17.5 Å². The Bertz CT molecular complexity index is 1290. The highest BCUT2D eigenvalue weighted by atomic mass is 16.6. The van der Waals surface area contributed by atoms with Crippen LogP contribution in [0.3, 0.4) is 0 Å². The van der Waals surface area contributed by atoms with Gasteiger partial charge in [0.2, 0.25) is 12.2 Å². The summed E-state index contributed by atoms with van der Waals surface area (Å²) in [5, 5.41) is 3.45. The Kier molecular flexibility index (Phi) is 5.76. The molecule has 5 rings (SSSR count). The minimum atomic E-state index is -0.956. The first-order valence-corrected chi connectivity index (χ1v) is 11.6. The van der Waals surface area contributed by atoms with Crippen LogP contribution in [0.2, 0.25) is 0 Å². The molecule has 0 aromatic heterocycles. The second kappa shape index (κ2) is 8.91. The number of carbonyl (C=O) groups is 2. The van der Waals surface area contributed by atoms with Gasteiger partial charge in [-0.05, 0) is 66.8 Å². The van der Waals surface area contributed by atoms with Crippen molar-refractivity contribution in [2.45, 2.75) is 31.8 Å². The van der Waals surface area contributed by atoms with Crippen molar-refractivity contribution in [2.75, 3.05) is 16.8 Å². The van der Waals surface area contributed by atoms with Crippen molar-refractivity contribution in [3.63, 3.8) is 0 Å². The molecular formula is C28H26N3O4. The summed E-state index contributed by atoms with van der Waals surface area (Å²) in [5.74, 6) is -0.450. The molecule has 2 heterocycles. The van der Waals surface area contributed by atoms with Crippen LogP contribution in [0.1, 0.15) is 35.2 Å². The molecule has 2 aliphatic heterocycles. The summed E-state index contributed by atoms with van der Waals surface area (Å²) in [5.41, 5.74) is 9.71. The fourth-order valence-corrected chi connectivity index (χ4v) is 5.10. The quantitative estimate of drug-likeness (QED) is 0.571. The second-order valence-corrected chi connectivity index (χ2v) is 9.40. The third kappa shape index (κ3) is 4.14. The van der Waals surface area contributed by atoms with Crippen LogP contribution in [0.4, 0.5) is 16.2 Å². The molecular weight excluding hydrogens is 442 g/mol. The lowest BCUT2D eigenvalue weighted by atomic mass is 9.70. The monoisotopic (exact) mass is 468 g/mol. The van der Waals surface area contributed by atoms with Crippen molar-refractivity contribution in [3.8, 4) is 0 Å². The Balaban J connectivity index is 1.49. The Labute approximate surface area is 203 Å². The SMILES string of the molecule is CC1(C(N)=O)Cc2cc([C]=O)ccc2NC1c1cccc(N2C(=O)OC[C@H]2Cc2ccccc2)c1. The minimum Gasteiger partial charge on any atom is -0.447 e. The summed E-state index contributed by atoms with van der Waals surface area (Å²) in [6, 6.07) is 22.3. The van der Waals surface area contributed by atoms with E-state index in [1.807, 2.05) is 73.9 Å². The normalized spacial score (nSPS) is 23.2. The van der Waals surface area contributed by atoms with Gasteiger partial charge in [-0.3, -0.25) is 14.5 Å². The van der Waals surface area contributed by atoms with Crippen LogP contribution >= 0.6 is 0 Å². The first-order valence-electron chi connectivity index (χ1n) is 11.6. The molecule has 1 saturated heterocycles. The zero-order valence-electron chi connectivity index (χ0n) is 19.4. The zero-order valence-corrected chi connectivity index (χ0v) is 19.4. The number of anilines is 2. The number of fused-ring (bicyclic) bond motifs is 1. The number of nitrogens with zero attached hydrogens (tertiary/aromatic N) is 1. The first kappa shape index (κ1) is 22.7. The Morgan fingerprint density at radius 2 is 1.94 bits per heavy atom. The van der Waals surface area contributed by atoms with Crippen LogP contribution in [-0.2, 0) is 27.2 Å². The van der Waals surface area contributed by atoms with E-state index in [2.05, 4.69) is 5.32 Å². The average Bonchev–Trinajstić information content (AvgIpc) is 3.23. The second-order valence-electron chi connectivity index (χ2n) is 9.40. The Morgan fingerprint density at radius 3 is 2.69 bits per heavy atom. The predicted octanol–water partition coefficient (Wildman–Crippen LogP) is 3.91. The third-order valence-corrected chi connectivity index (χ3v) is 7.04. The minimum absolute atomic E-state index is 0.138. The fourth-order valence-electron chi connectivity index (χ4n) is 5.10. The van der Waals surface area contributed by atoms with E-state index in [1.54, 1.807) is 17.0 Å². The molecule has 3 N–H and O–H groups in total. The van der Waals surface area contributed by atoms with Gasteiger partial charge in [-0.1, -0.05) is 42.5 Å². The summed E-state index contributed by atoms with van der Waals surface area (Å²) < 4.78 is 5.40. The number of benzene rings is 3. The third-order valence-electron chi connectivity index (χ3n) is 7.04. The molecule has 1 fully saturated rings. The predicted molar refractivity (Wildman–Crippen MR) is 133 cm³/mol. The van der Waals surface area contributed by atoms with Crippen molar-refractivity contribution >= 4 is 29.7 Å². The molecule has 0 bridgehead atoms. The van der Waals surface area contributed by atoms with E-state index in [4.69, 9.17) is 10.5 Å². The van der Waals surface area contributed by atoms with Crippen LogP contribution in [0.15, 0.2) is 72.8 Å². The van der Waals surface area contributed by atoms with Crippen LogP contribution in [0.25, 0.3) is 0 Å². The number of amides is 2.